The number of hydrogen-bond donors (Lipinski definition) is 1. The minimum atomic E-state index is -3.70. The van der Waals surface area contributed by atoms with Gasteiger partial charge in [-0.25, -0.2) is 4.98 Å². The molecule has 3 heterocycles. The van der Waals surface area contributed by atoms with E-state index in [0.29, 0.717) is 54.4 Å². The third kappa shape index (κ3) is 3.97. The van der Waals surface area contributed by atoms with Gasteiger partial charge in [-0.1, -0.05) is 12.1 Å². The Morgan fingerprint density at radius 3 is 2.44 bits per heavy atom. The van der Waals surface area contributed by atoms with Crippen LogP contribution in [0.3, 0.4) is 0 Å². The molecule has 0 radical (unpaired) electrons. The molecule has 0 bridgehead atoms. The molecule has 1 fully saturated rings. The maximum absolute atomic E-state index is 13.0. The zero-order chi connectivity index (χ0) is 23.7. The number of carbonyl (C=O) groups is 1. The van der Waals surface area contributed by atoms with Gasteiger partial charge in [-0.2, -0.15) is 13.7 Å². The quantitative estimate of drug-likeness (QED) is 0.622. The SMILES string of the molecule is N#Cc1cccnc1N1CCN(C(=O)c2ccc(NC3=NS(=O)(=O)c4ccccc43)cc2)CC1. The van der Waals surface area contributed by atoms with Gasteiger partial charge in [0.15, 0.2) is 5.84 Å². The Kier molecular flexibility index (Phi) is 5.47. The maximum Gasteiger partial charge on any atom is 0.285 e. The number of anilines is 2. The number of amides is 1. The minimum Gasteiger partial charge on any atom is -0.352 e. The summed E-state index contributed by atoms with van der Waals surface area (Å²) in [6.07, 6.45) is 1.66. The predicted octanol–water partition coefficient (Wildman–Crippen LogP) is 2.48. The summed E-state index contributed by atoms with van der Waals surface area (Å²) in [5.41, 5.74) is 2.21. The first-order valence-corrected chi connectivity index (χ1v) is 12.1. The van der Waals surface area contributed by atoms with Gasteiger partial charge in [-0.3, -0.25) is 4.79 Å². The number of carbonyl (C=O) groups excluding carboxylic acids is 1. The number of aromatic nitrogens is 1. The van der Waals surface area contributed by atoms with Gasteiger partial charge in [-0.05, 0) is 48.5 Å². The standard InChI is InChI=1S/C24H20N6O3S/c25-16-18-4-3-11-26-23(18)29-12-14-30(15-13-29)24(31)17-7-9-19(10-8-17)27-22-20-5-1-2-6-21(20)34(32,33)28-22/h1-11H,12-15H2,(H,27,28). The van der Waals surface area contributed by atoms with Crippen molar-refractivity contribution in [3.63, 3.8) is 0 Å². The molecular weight excluding hydrogens is 452 g/mol. The molecule has 0 spiro atoms. The average molecular weight is 473 g/mol. The van der Waals surface area contributed by atoms with Crippen LogP contribution in [0.25, 0.3) is 0 Å². The zero-order valence-corrected chi connectivity index (χ0v) is 18.9. The summed E-state index contributed by atoms with van der Waals surface area (Å²) in [4.78, 5) is 21.3. The van der Waals surface area contributed by atoms with Gasteiger partial charge >= 0.3 is 0 Å². The van der Waals surface area contributed by atoms with Crippen molar-refractivity contribution in [3.8, 4) is 6.07 Å². The summed E-state index contributed by atoms with van der Waals surface area (Å²) in [6, 6.07) is 19.2. The molecule has 9 nitrogen and oxygen atoms in total. The Morgan fingerprint density at radius 2 is 1.71 bits per heavy atom. The van der Waals surface area contributed by atoms with E-state index in [9.17, 15) is 18.5 Å². The molecule has 10 heteroatoms. The first kappa shape index (κ1) is 21.6. The molecule has 0 saturated carbocycles. The van der Waals surface area contributed by atoms with Gasteiger partial charge in [0.2, 0.25) is 0 Å². The summed E-state index contributed by atoms with van der Waals surface area (Å²) in [5.74, 6) is 0.821. The fourth-order valence-electron chi connectivity index (χ4n) is 4.07. The molecule has 0 aliphatic carbocycles. The fraction of sp³-hybridized carbons (Fsp3) is 0.167. The van der Waals surface area contributed by atoms with Crippen LogP contribution in [0.1, 0.15) is 21.5 Å². The van der Waals surface area contributed by atoms with Crippen LogP contribution in [-0.4, -0.2) is 56.2 Å². The molecule has 3 aromatic rings. The Morgan fingerprint density at radius 1 is 0.971 bits per heavy atom. The molecule has 34 heavy (non-hydrogen) atoms. The molecule has 1 amide bonds. The molecule has 1 aromatic heterocycles. The molecule has 5 rings (SSSR count). The second-order valence-electron chi connectivity index (χ2n) is 7.88. The summed E-state index contributed by atoms with van der Waals surface area (Å²) >= 11 is 0. The van der Waals surface area contributed by atoms with Crippen molar-refractivity contribution in [1.82, 2.24) is 9.88 Å². The van der Waals surface area contributed by atoms with Crippen LogP contribution >= 0.6 is 0 Å². The highest BCUT2D eigenvalue weighted by molar-refractivity contribution is 7.90. The third-order valence-electron chi connectivity index (χ3n) is 5.80. The Balaban J connectivity index is 1.24. The molecule has 0 unspecified atom stereocenters. The number of nitrogens with one attached hydrogen (secondary N) is 1. The smallest absolute Gasteiger partial charge is 0.285 e. The summed E-state index contributed by atoms with van der Waals surface area (Å²) in [6.45, 7) is 2.22. The van der Waals surface area contributed by atoms with Crippen LogP contribution < -0.4 is 10.2 Å². The largest absolute Gasteiger partial charge is 0.352 e. The predicted molar refractivity (Wildman–Crippen MR) is 127 cm³/mol. The van der Waals surface area contributed by atoms with Crippen molar-refractivity contribution in [2.24, 2.45) is 4.40 Å². The van der Waals surface area contributed by atoms with Crippen molar-refractivity contribution in [3.05, 3.63) is 83.6 Å². The van der Waals surface area contributed by atoms with E-state index in [0.717, 1.165) is 0 Å². The number of rotatable bonds is 3. The van der Waals surface area contributed by atoms with Gasteiger partial charge < -0.3 is 15.1 Å². The Bertz CT molecular complexity index is 1440. The van der Waals surface area contributed by atoms with E-state index in [4.69, 9.17) is 0 Å². The molecule has 2 aliphatic heterocycles. The highest BCUT2D eigenvalue weighted by Gasteiger charge is 2.28. The van der Waals surface area contributed by atoms with E-state index < -0.39 is 10.0 Å². The fourth-order valence-corrected chi connectivity index (χ4v) is 5.24. The molecule has 1 saturated heterocycles. The average Bonchev–Trinajstić information content (AvgIpc) is 3.14. The molecule has 1 N–H and O–H groups in total. The summed E-state index contributed by atoms with van der Waals surface area (Å²) in [5, 5.41) is 12.3. The monoisotopic (exact) mass is 472 g/mol. The number of piperazine rings is 1. The van der Waals surface area contributed by atoms with Gasteiger partial charge in [0.05, 0.1) is 5.56 Å². The summed E-state index contributed by atoms with van der Waals surface area (Å²) < 4.78 is 28.3. The highest BCUT2D eigenvalue weighted by atomic mass is 32.2. The lowest BCUT2D eigenvalue weighted by atomic mass is 10.1. The van der Waals surface area contributed by atoms with Crippen molar-refractivity contribution in [2.45, 2.75) is 4.90 Å². The zero-order valence-electron chi connectivity index (χ0n) is 18.0. The van der Waals surface area contributed by atoms with E-state index in [2.05, 4.69) is 20.8 Å². The van der Waals surface area contributed by atoms with E-state index in [-0.39, 0.29) is 16.6 Å². The number of benzene rings is 2. The van der Waals surface area contributed by atoms with Gasteiger partial charge in [-0.15, -0.1) is 4.40 Å². The van der Waals surface area contributed by atoms with E-state index in [1.165, 1.54) is 6.07 Å². The summed E-state index contributed by atoms with van der Waals surface area (Å²) in [7, 11) is -3.70. The Labute approximate surface area is 197 Å². The van der Waals surface area contributed by atoms with Crippen LogP contribution in [0.5, 0.6) is 0 Å². The second-order valence-corrected chi connectivity index (χ2v) is 9.45. The number of nitriles is 1. The first-order chi connectivity index (χ1) is 16.5. The topological polar surface area (TPSA) is 119 Å². The number of nitrogens with zero attached hydrogens (tertiary/aromatic N) is 5. The third-order valence-corrected chi connectivity index (χ3v) is 7.13. The number of amidine groups is 1. The second kappa shape index (κ2) is 8.61. The van der Waals surface area contributed by atoms with Gasteiger partial charge in [0, 0.05) is 49.2 Å². The van der Waals surface area contributed by atoms with Gasteiger partial charge in [0.1, 0.15) is 16.8 Å². The van der Waals surface area contributed by atoms with Crippen LogP contribution in [0.2, 0.25) is 0 Å². The van der Waals surface area contributed by atoms with Crippen molar-refractivity contribution in [2.75, 3.05) is 36.4 Å². The van der Waals surface area contributed by atoms with Gasteiger partial charge in [0.25, 0.3) is 15.9 Å². The molecule has 170 valence electrons. The number of sulfonamides is 1. The normalized spacial score (nSPS) is 16.4. The first-order valence-electron chi connectivity index (χ1n) is 10.7. The van der Waals surface area contributed by atoms with E-state index in [1.807, 2.05) is 4.90 Å². The lowest BCUT2D eigenvalue weighted by molar-refractivity contribution is 0.0746. The van der Waals surface area contributed by atoms with Crippen molar-refractivity contribution >= 4 is 33.3 Å². The van der Waals surface area contributed by atoms with Crippen molar-refractivity contribution in [1.29, 1.82) is 5.26 Å². The van der Waals surface area contributed by atoms with E-state index >= 15 is 0 Å². The number of hydrogen-bond acceptors (Lipinski definition) is 7. The lowest BCUT2D eigenvalue weighted by Gasteiger charge is -2.35. The number of fused-ring (bicyclic) bond motifs is 1. The maximum atomic E-state index is 13.0. The molecule has 2 aromatic carbocycles. The Hall–Kier alpha value is -4.23. The molecule has 0 atom stereocenters. The van der Waals surface area contributed by atoms with Crippen LogP contribution in [0.4, 0.5) is 11.5 Å². The number of pyridine rings is 1. The van der Waals surface area contributed by atoms with Crippen molar-refractivity contribution < 1.29 is 13.2 Å². The van der Waals surface area contributed by atoms with Crippen LogP contribution in [0.15, 0.2) is 76.2 Å². The van der Waals surface area contributed by atoms with E-state index in [1.54, 1.807) is 65.7 Å². The van der Waals surface area contributed by atoms with Crippen LogP contribution in [-0.2, 0) is 10.0 Å². The van der Waals surface area contributed by atoms with Crippen LogP contribution in [0, 0.1) is 11.3 Å². The lowest BCUT2D eigenvalue weighted by Crippen LogP contribution is -2.49. The minimum absolute atomic E-state index is 0.0844. The molecule has 2 aliphatic rings. The molecular formula is C24H20N6O3S. The highest BCUT2D eigenvalue weighted by Crippen LogP contribution is 2.27.